The molecule has 0 saturated heterocycles. The van der Waals surface area contributed by atoms with Crippen LogP contribution in [-0.2, 0) is 0 Å². The Hall–Kier alpha value is -1.06. The predicted molar refractivity (Wildman–Crippen MR) is 54.1 cm³/mol. The van der Waals surface area contributed by atoms with Crippen LogP contribution in [0, 0.1) is 0 Å². The summed E-state index contributed by atoms with van der Waals surface area (Å²) in [5.41, 5.74) is 0.944. The van der Waals surface area contributed by atoms with Crippen LogP contribution in [0.5, 0.6) is 5.75 Å². The molecule has 1 fully saturated rings. The molecule has 0 amide bonds. The number of hydrogen-bond donors (Lipinski definition) is 3. The smallest absolute Gasteiger partial charge is 0.115 e. The highest BCUT2D eigenvalue weighted by Gasteiger charge is 2.24. The van der Waals surface area contributed by atoms with Crippen molar-refractivity contribution in [2.45, 2.75) is 24.9 Å². The quantitative estimate of drug-likeness (QED) is 0.673. The zero-order valence-corrected chi connectivity index (χ0v) is 7.98. The molecule has 14 heavy (non-hydrogen) atoms. The zero-order chi connectivity index (χ0) is 9.97. The van der Waals surface area contributed by atoms with Crippen LogP contribution < -0.4 is 5.32 Å². The second-order valence-electron chi connectivity index (χ2n) is 3.77. The Balaban J connectivity index is 2.08. The molecule has 1 atom stereocenters. The van der Waals surface area contributed by atoms with E-state index in [0.29, 0.717) is 6.04 Å². The predicted octanol–water partition coefficient (Wildman–Crippen LogP) is 1.18. The third-order valence-corrected chi connectivity index (χ3v) is 2.47. The van der Waals surface area contributed by atoms with E-state index in [1.807, 2.05) is 6.07 Å². The van der Waals surface area contributed by atoms with Crippen molar-refractivity contribution in [1.29, 1.82) is 0 Å². The van der Waals surface area contributed by atoms with Gasteiger partial charge in [0.1, 0.15) is 5.75 Å². The van der Waals surface area contributed by atoms with Crippen LogP contribution in [0.15, 0.2) is 24.3 Å². The first-order valence-corrected chi connectivity index (χ1v) is 4.95. The molecule has 1 unspecified atom stereocenters. The van der Waals surface area contributed by atoms with E-state index in [1.54, 1.807) is 18.2 Å². The standard InChI is InChI=1S/C11H15NO2/c13-7-11(12-9-4-5-9)8-2-1-3-10(14)6-8/h1-3,6,9,11-14H,4-5,7H2. The number of nitrogens with one attached hydrogen (secondary N) is 1. The fourth-order valence-electron chi connectivity index (χ4n) is 1.53. The molecule has 1 aliphatic rings. The van der Waals surface area contributed by atoms with Gasteiger partial charge in [-0.15, -0.1) is 0 Å². The fourth-order valence-corrected chi connectivity index (χ4v) is 1.53. The minimum Gasteiger partial charge on any atom is -0.508 e. The molecule has 0 heterocycles. The van der Waals surface area contributed by atoms with Crippen LogP contribution in [0.25, 0.3) is 0 Å². The van der Waals surface area contributed by atoms with Gasteiger partial charge in [0.05, 0.1) is 12.6 Å². The second kappa shape index (κ2) is 3.98. The maximum Gasteiger partial charge on any atom is 0.115 e. The Morgan fingerprint density at radius 3 is 2.79 bits per heavy atom. The summed E-state index contributed by atoms with van der Waals surface area (Å²) in [6, 6.07) is 7.53. The number of aliphatic hydroxyl groups excluding tert-OH is 1. The summed E-state index contributed by atoms with van der Waals surface area (Å²) >= 11 is 0. The van der Waals surface area contributed by atoms with Gasteiger partial charge in [0, 0.05) is 6.04 Å². The van der Waals surface area contributed by atoms with Crippen molar-refractivity contribution >= 4 is 0 Å². The van der Waals surface area contributed by atoms with Gasteiger partial charge < -0.3 is 15.5 Å². The Bertz CT molecular complexity index is 310. The van der Waals surface area contributed by atoms with Crippen molar-refractivity contribution in [1.82, 2.24) is 5.32 Å². The minimum atomic E-state index is -0.0467. The van der Waals surface area contributed by atoms with Gasteiger partial charge >= 0.3 is 0 Å². The molecule has 0 aliphatic heterocycles. The fraction of sp³-hybridized carbons (Fsp3) is 0.455. The van der Waals surface area contributed by atoms with Crippen LogP contribution in [0.4, 0.5) is 0 Å². The molecule has 1 aromatic rings. The monoisotopic (exact) mass is 193 g/mol. The molecule has 3 N–H and O–H groups in total. The molecule has 1 saturated carbocycles. The maximum absolute atomic E-state index is 9.30. The van der Waals surface area contributed by atoms with Gasteiger partial charge in [-0.2, -0.15) is 0 Å². The van der Waals surface area contributed by atoms with Gasteiger partial charge in [0.2, 0.25) is 0 Å². The van der Waals surface area contributed by atoms with Gasteiger partial charge in [0.25, 0.3) is 0 Å². The van der Waals surface area contributed by atoms with E-state index in [1.165, 1.54) is 12.8 Å². The largest absolute Gasteiger partial charge is 0.508 e. The number of hydrogen-bond acceptors (Lipinski definition) is 3. The van der Waals surface area contributed by atoms with Crippen molar-refractivity contribution in [3.05, 3.63) is 29.8 Å². The van der Waals surface area contributed by atoms with Gasteiger partial charge in [0.15, 0.2) is 0 Å². The molecule has 0 bridgehead atoms. The van der Waals surface area contributed by atoms with E-state index in [-0.39, 0.29) is 18.4 Å². The van der Waals surface area contributed by atoms with E-state index in [0.717, 1.165) is 5.56 Å². The lowest BCUT2D eigenvalue weighted by atomic mass is 10.1. The van der Waals surface area contributed by atoms with E-state index in [2.05, 4.69) is 5.32 Å². The van der Waals surface area contributed by atoms with E-state index in [4.69, 9.17) is 0 Å². The molecule has 76 valence electrons. The van der Waals surface area contributed by atoms with Crippen LogP contribution >= 0.6 is 0 Å². The first-order valence-electron chi connectivity index (χ1n) is 4.95. The normalized spacial score (nSPS) is 18.1. The molecule has 1 aromatic carbocycles. The molecule has 1 aliphatic carbocycles. The van der Waals surface area contributed by atoms with E-state index in [9.17, 15) is 10.2 Å². The molecular formula is C11H15NO2. The lowest BCUT2D eigenvalue weighted by Crippen LogP contribution is -2.26. The third-order valence-electron chi connectivity index (χ3n) is 2.47. The average Bonchev–Trinajstić information content (AvgIpc) is 2.98. The Kier molecular flexibility index (Phi) is 2.70. The number of phenolic OH excluding ortho intramolecular Hbond substituents is 1. The minimum absolute atomic E-state index is 0.0467. The second-order valence-corrected chi connectivity index (χ2v) is 3.77. The van der Waals surface area contributed by atoms with E-state index >= 15 is 0 Å². The summed E-state index contributed by atoms with van der Waals surface area (Å²) in [5.74, 6) is 0.249. The van der Waals surface area contributed by atoms with Gasteiger partial charge in [-0.1, -0.05) is 12.1 Å². The highest BCUT2D eigenvalue weighted by molar-refractivity contribution is 5.29. The topological polar surface area (TPSA) is 52.5 Å². The van der Waals surface area contributed by atoms with Crippen LogP contribution in [-0.4, -0.2) is 22.9 Å². The summed E-state index contributed by atoms with van der Waals surface area (Å²) in [5, 5.41) is 21.8. The molecule has 0 aromatic heterocycles. The summed E-state index contributed by atoms with van der Waals surface area (Å²) in [6.07, 6.45) is 2.38. The SMILES string of the molecule is OCC(NC1CC1)c1cccc(O)c1. The summed E-state index contributed by atoms with van der Waals surface area (Å²) < 4.78 is 0. The zero-order valence-electron chi connectivity index (χ0n) is 7.98. The Labute approximate surface area is 83.4 Å². The van der Waals surface area contributed by atoms with Crippen molar-refractivity contribution < 1.29 is 10.2 Å². The summed E-state index contributed by atoms with van der Waals surface area (Å²) in [6.45, 7) is 0.0694. The maximum atomic E-state index is 9.30. The summed E-state index contributed by atoms with van der Waals surface area (Å²) in [7, 11) is 0. The number of rotatable bonds is 4. The molecule has 0 radical (unpaired) electrons. The molecule has 3 nitrogen and oxygen atoms in total. The molecule has 3 heteroatoms. The van der Waals surface area contributed by atoms with Crippen molar-refractivity contribution in [3.8, 4) is 5.75 Å². The van der Waals surface area contributed by atoms with Gasteiger partial charge in [-0.25, -0.2) is 0 Å². The van der Waals surface area contributed by atoms with E-state index < -0.39 is 0 Å². The third kappa shape index (κ3) is 2.25. The molecule has 0 spiro atoms. The highest BCUT2D eigenvalue weighted by Crippen LogP contribution is 2.25. The van der Waals surface area contributed by atoms with Gasteiger partial charge in [-0.05, 0) is 30.5 Å². The number of phenols is 1. The average molecular weight is 193 g/mol. The van der Waals surface area contributed by atoms with Gasteiger partial charge in [-0.3, -0.25) is 0 Å². The van der Waals surface area contributed by atoms with Crippen LogP contribution in [0.3, 0.4) is 0 Å². The number of aliphatic hydroxyl groups is 1. The number of benzene rings is 1. The Morgan fingerprint density at radius 1 is 1.43 bits per heavy atom. The highest BCUT2D eigenvalue weighted by atomic mass is 16.3. The summed E-state index contributed by atoms with van der Waals surface area (Å²) in [4.78, 5) is 0. The molecule has 2 rings (SSSR count). The van der Waals surface area contributed by atoms with Crippen molar-refractivity contribution in [2.24, 2.45) is 0 Å². The first kappa shape index (κ1) is 9.49. The van der Waals surface area contributed by atoms with Crippen molar-refractivity contribution in [3.63, 3.8) is 0 Å². The lowest BCUT2D eigenvalue weighted by Gasteiger charge is -2.16. The van der Waals surface area contributed by atoms with Crippen molar-refractivity contribution in [2.75, 3.05) is 6.61 Å². The van der Waals surface area contributed by atoms with Crippen LogP contribution in [0.1, 0.15) is 24.4 Å². The first-order chi connectivity index (χ1) is 6.79. The lowest BCUT2D eigenvalue weighted by molar-refractivity contribution is 0.243. The number of aromatic hydroxyl groups is 1. The van der Waals surface area contributed by atoms with Crippen LogP contribution in [0.2, 0.25) is 0 Å². The Morgan fingerprint density at radius 2 is 2.21 bits per heavy atom. The molecular weight excluding hydrogens is 178 g/mol.